The third-order valence-corrected chi connectivity index (χ3v) is 8.66. The minimum atomic E-state index is -3.55. The maximum absolute atomic E-state index is 13.8. The first-order chi connectivity index (χ1) is 19.7. The van der Waals surface area contributed by atoms with Crippen molar-refractivity contribution in [3.63, 3.8) is 0 Å². The van der Waals surface area contributed by atoms with Gasteiger partial charge in [-0.1, -0.05) is 67.9 Å². The number of nitrogens with one attached hydrogen (secondary N) is 2. The van der Waals surface area contributed by atoms with Crippen LogP contribution >= 0.6 is 0 Å². The highest BCUT2D eigenvalue weighted by atomic mass is 32.2. The number of aryl methyl sites for hydroxylation is 1. The molecular weight excluding hydrogens is 541 g/mol. The number of carbonyl (C=O) groups is 2. The van der Waals surface area contributed by atoms with Crippen molar-refractivity contribution >= 4 is 21.8 Å². The Morgan fingerprint density at radius 3 is 2.22 bits per heavy atom. The molecule has 3 aromatic carbocycles. The molecule has 0 saturated heterocycles. The number of nitrogens with zero attached hydrogens (tertiary/aromatic N) is 1. The lowest BCUT2D eigenvalue weighted by Crippen LogP contribution is -2.50. The van der Waals surface area contributed by atoms with Crippen LogP contribution in [0.15, 0.2) is 83.8 Å². The van der Waals surface area contributed by atoms with Crippen molar-refractivity contribution in [1.29, 1.82) is 0 Å². The van der Waals surface area contributed by atoms with Gasteiger partial charge >= 0.3 is 0 Å². The van der Waals surface area contributed by atoms with E-state index in [0.29, 0.717) is 19.4 Å². The average molecular weight is 580 g/mol. The van der Waals surface area contributed by atoms with Crippen LogP contribution in [-0.2, 0) is 39.0 Å². The Kier molecular flexibility index (Phi) is 10.7. The van der Waals surface area contributed by atoms with Gasteiger partial charge in [0.25, 0.3) is 0 Å². The molecule has 0 radical (unpaired) electrons. The van der Waals surface area contributed by atoms with E-state index in [1.54, 1.807) is 41.3 Å². The van der Waals surface area contributed by atoms with E-state index in [-0.39, 0.29) is 41.5 Å². The number of hydrogen-bond donors (Lipinski definition) is 2. The molecule has 1 fully saturated rings. The summed E-state index contributed by atoms with van der Waals surface area (Å²) in [6.45, 7) is 2.72. The smallest absolute Gasteiger partial charge is 0.243 e. The van der Waals surface area contributed by atoms with Crippen molar-refractivity contribution in [1.82, 2.24) is 14.9 Å². The Morgan fingerprint density at radius 1 is 0.927 bits per heavy atom. The monoisotopic (exact) mass is 579 g/mol. The number of benzene rings is 3. The Hall–Kier alpha value is -3.56. The van der Waals surface area contributed by atoms with Crippen molar-refractivity contribution in [3.8, 4) is 0 Å². The minimum absolute atomic E-state index is 0.0207. The Labute approximate surface area is 242 Å². The molecule has 218 valence electrons. The third kappa shape index (κ3) is 9.23. The van der Waals surface area contributed by atoms with Crippen molar-refractivity contribution in [2.75, 3.05) is 6.54 Å². The summed E-state index contributed by atoms with van der Waals surface area (Å²) in [5.41, 5.74) is 2.46. The molecular formula is C32H38FN3O4S. The fourth-order valence-corrected chi connectivity index (χ4v) is 5.87. The van der Waals surface area contributed by atoms with Gasteiger partial charge in [-0.2, -0.15) is 0 Å². The Bertz CT molecular complexity index is 1390. The zero-order valence-electron chi connectivity index (χ0n) is 23.4. The molecule has 0 heterocycles. The molecule has 0 aromatic heterocycles. The van der Waals surface area contributed by atoms with Crippen molar-refractivity contribution in [2.24, 2.45) is 0 Å². The molecule has 2 N–H and O–H groups in total. The largest absolute Gasteiger partial charge is 0.354 e. The molecule has 7 nitrogen and oxygen atoms in total. The van der Waals surface area contributed by atoms with E-state index < -0.39 is 16.1 Å². The van der Waals surface area contributed by atoms with Crippen LogP contribution in [-0.4, -0.2) is 43.8 Å². The molecule has 3 aromatic rings. The quantitative estimate of drug-likeness (QED) is 0.254. The number of rotatable bonds is 15. The van der Waals surface area contributed by atoms with Gasteiger partial charge in [0.05, 0.1) is 4.90 Å². The number of halogens is 1. The molecule has 0 spiro atoms. The van der Waals surface area contributed by atoms with Gasteiger partial charge in [0, 0.05) is 32.0 Å². The van der Waals surface area contributed by atoms with E-state index in [1.165, 1.54) is 12.1 Å². The highest BCUT2D eigenvalue weighted by Crippen LogP contribution is 2.23. The van der Waals surface area contributed by atoms with Crippen LogP contribution in [0.25, 0.3) is 0 Å². The molecule has 1 aliphatic carbocycles. The lowest BCUT2D eigenvalue weighted by atomic mass is 10.0. The number of carbonyl (C=O) groups excluding carboxylic acids is 2. The fraction of sp³-hybridized carbons (Fsp3) is 0.375. The Balaban J connectivity index is 1.53. The van der Waals surface area contributed by atoms with E-state index >= 15 is 0 Å². The summed E-state index contributed by atoms with van der Waals surface area (Å²) < 4.78 is 41.3. The summed E-state index contributed by atoms with van der Waals surface area (Å²) in [6.07, 6.45) is 4.32. The summed E-state index contributed by atoms with van der Waals surface area (Å²) >= 11 is 0. The molecule has 1 atom stereocenters. The molecule has 0 bridgehead atoms. The zero-order chi connectivity index (χ0) is 29.2. The van der Waals surface area contributed by atoms with E-state index in [4.69, 9.17) is 0 Å². The van der Waals surface area contributed by atoms with Crippen LogP contribution in [0, 0.1) is 5.82 Å². The number of hydrogen-bond acceptors (Lipinski definition) is 4. The van der Waals surface area contributed by atoms with E-state index in [9.17, 15) is 22.4 Å². The van der Waals surface area contributed by atoms with Gasteiger partial charge in [0.1, 0.15) is 11.9 Å². The first-order valence-electron chi connectivity index (χ1n) is 14.2. The average Bonchev–Trinajstić information content (AvgIpc) is 3.79. The van der Waals surface area contributed by atoms with Crippen LogP contribution in [0.1, 0.15) is 55.7 Å². The summed E-state index contributed by atoms with van der Waals surface area (Å²) in [5, 5.41) is 2.99. The minimum Gasteiger partial charge on any atom is -0.354 e. The standard InChI is InChI=1S/C32H38FN3O4S/c1-2-3-21-34-32(38)30(22-25-7-5-4-6-8-25)36(23-26-9-14-27(33)15-10-26)31(37)20-13-24-11-18-29(19-12-24)41(39,40)35-28-16-17-28/h4-12,14-15,18-19,28,30,35H,2-3,13,16-17,20-23H2,1H3,(H,34,38)/t30-/m0/s1. The molecule has 1 aliphatic rings. The van der Waals surface area contributed by atoms with Gasteiger partial charge < -0.3 is 10.2 Å². The van der Waals surface area contributed by atoms with Gasteiger partial charge in [-0.15, -0.1) is 0 Å². The summed E-state index contributed by atoms with van der Waals surface area (Å²) in [6, 6.07) is 21.3. The molecule has 9 heteroatoms. The van der Waals surface area contributed by atoms with Crippen LogP contribution in [0.3, 0.4) is 0 Å². The number of sulfonamides is 1. The van der Waals surface area contributed by atoms with Gasteiger partial charge in [-0.05, 0) is 66.6 Å². The first kappa shape index (κ1) is 30.4. The lowest BCUT2D eigenvalue weighted by Gasteiger charge is -2.31. The normalized spacial score (nSPS) is 13.9. The fourth-order valence-electron chi connectivity index (χ4n) is 4.57. The topological polar surface area (TPSA) is 95.6 Å². The van der Waals surface area contributed by atoms with Gasteiger partial charge in [0.15, 0.2) is 0 Å². The number of unbranched alkanes of at least 4 members (excludes halogenated alkanes) is 1. The Morgan fingerprint density at radius 2 is 1.59 bits per heavy atom. The summed E-state index contributed by atoms with van der Waals surface area (Å²) in [5.74, 6) is -0.814. The highest BCUT2D eigenvalue weighted by molar-refractivity contribution is 7.89. The first-order valence-corrected chi connectivity index (χ1v) is 15.7. The summed E-state index contributed by atoms with van der Waals surface area (Å²) in [4.78, 5) is 29.0. The predicted molar refractivity (Wildman–Crippen MR) is 157 cm³/mol. The van der Waals surface area contributed by atoms with E-state index in [0.717, 1.165) is 42.4 Å². The maximum Gasteiger partial charge on any atom is 0.243 e. The van der Waals surface area contributed by atoms with Crippen molar-refractivity contribution < 1.29 is 22.4 Å². The summed E-state index contributed by atoms with van der Waals surface area (Å²) in [7, 11) is -3.55. The van der Waals surface area contributed by atoms with Gasteiger partial charge in [-0.3, -0.25) is 9.59 Å². The van der Waals surface area contributed by atoms with E-state index in [1.807, 2.05) is 37.3 Å². The molecule has 0 aliphatic heterocycles. The SMILES string of the molecule is CCCCNC(=O)[C@H](Cc1ccccc1)N(Cc1ccc(F)cc1)C(=O)CCc1ccc(S(=O)(=O)NC2CC2)cc1. The van der Waals surface area contributed by atoms with Gasteiger partial charge in [0.2, 0.25) is 21.8 Å². The molecule has 0 unspecified atom stereocenters. The second kappa shape index (κ2) is 14.4. The van der Waals surface area contributed by atoms with Gasteiger partial charge in [-0.25, -0.2) is 17.5 Å². The molecule has 4 rings (SSSR count). The highest BCUT2D eigenvalue weighted by Gasteiger charge is 2.30. The molecule has 1 saturated carbocycles. The van der Waals surface area contributed by atoms with Crippen LogP contribution in [0.5, 0.6) is 0 Å². The van der Waals surface area contributed by atoms with Crippen LogP contribution in [0.2, 0.25) is 0 Å². The number of amides is 2. The van der Waals surface area contributed by atoms with Crippen LogP contribution < -0.4 is 10.0 Å². The second-order valence-electron chi connectivity index (χ2n) is 10.5. The van der Waals surface area contributed by atoms with Crippen molar-refractivity contribution in [2.45, 2.75) is 75.4 Å². The van der Waals surface area contributed by atoms with Crippen molar-refractivity contribution in [3.05, 3.63) is 101 Å². The maximum atomic E-state index is 13.8. The second-order valence-corrected chi connectivity index (χ2v) is 12.3. The molecule has 2 amide bonds. The molecule has 41 heavy (non-hydrogen) atoms. The van der Waals surface area contributed by atoms with E-state index in [2.05, 4.69) is 10.0 Å². The predicted octanol–water partition coefficient (Wildman–Crippen LogP) is 4.76. The lowest BCUT2D eigenvalue weighted by molar-refractivity contribution is -0.141. The zero-order valence-corrected chi connectivity index (χ0v) is 24.2. The van der Waals surface area contributed by atoms with Crippen LogP contribution in [0.4, 0.5) is 4.39 Å². The third-order valence-electron chi connectivity index (χ3n) is 7.13.